The number of imidazole rings is 1. The number of benzene rings is 1. The molecule has 0 radical (unpaired) electrons. The summed E-state index contributed by atoms with van der Waals surface area (Å²) < 4.78 is 15.1. The van der Waals surface area contributed by atoms with Crippen LogP contribution in [0.5, 0.6) is 0 Å². The molecule has 7 heteroatoms. The average Bonchev–Trinajstić information content (AvgIpc) is 2.92. The average molecular weight is 361 g/mol. The van der Waals surface area contributed by atoms with Crippen molar-refractivity contribution in [1.29, 1.82) is 0 Å². The maximum Gasteiger partial charge on any atom is 0.125 e. The molecule has 0 amide bonds. The minimum atomic E-state index is -0.292. The molecule has 116 valence electrons. The fourth-order valence-electron chi connectivity index (χ4n) is 2.09. The van der Waals surface area contributed by atoms with Crippen LogP contribution in [0.15, 0.2) is 55.1 Å². The van der Waals surface area contributed by atoms with Gasteiger partial charge in [0.2, 0.25) is 0 Å². The smallest absolute Gasteiger partial charge is 0.125 e. The van der Waals surface area contributed by atoms with Crippen molar-refractivity contribution in [3.8, 4) is 16.9 Å². The number of nitrogens with zero attached hydrogens (tertiary/aromatic N) is 3. The quantitative estimate of drug-likeness (QED) is 0.636. The normalized spacial score (nSPS) is 9.73. The van der Waals surface area contributed by atoms with Gasteiger partial charge in [0.1, 0.15) is 12.1 Å². The molecule has 3 nitrogen and oxygen atoms in total. The first-order chi connectivity index (χ1) is 9.79. The summed E-state index contributed by atoms with van der Waals surface area (Å²) in [4.78, 5) is 8.46. The molecule has 0 atom stereocenters. The number of hydrogen-bond acceptors (Lipinski definition) is 2. The Morgan fingerprint density at radius 2 is 1.95 bits per heavy atom. The van der Waals surface area contributed by atoms with Gasteiger partial charge in [-0.2, -0.15) is 0 Å². The summed E-state index contributed by atoms with van der Waals surface area (Å²) in [6.07, 6.45) is 5.08. The van der Waals surface area contributed by atoms with Gasteiger partial charge in [0.15, 0.2) is 0 Å². The van der Waals surface area contributed by atoms with Crippen LogP contribution in [0.4, 0.5) is 4.39 Å². The third-order valence-electron chi connectivity index (χ3n) is 3.01. The van der Waals surface area contributed by atoms with E-state index in [1.165, 1.54) is 12.1 Å². The summed E-state index contributed by atoms with van der Waals surface area (Å²) in [5, 5.41) is 0. The molecular formula is C15H13Cl3FN3. The molecule has 0 saturated carbocycles. The van der Waals surface area contributed by atoms with Gasteiger partial charge < -0.3 is 4.57 Å². The molecule has 0 aliphatic carbocycles. The SMILES string of the molecule is Cl.Cl.Fc1cccc(-n2cnc(-c3cccnc3)c2CCl)c1. The molecule has 0 aliphatic heterocycles. The Morgan fingerprint density at radius 1 is 1.14 bits per heavy atom. The minimum absolute atomic E-state index is 0. The van der Waals surface area contributed by atoms with Gasteiger partial charge in [0.25, 0.3) is 0 Å². The topological polar surface area (TPSA) is 30.7 Å². The Morgan fingerprint density at radius 3 is 2.59 bits per heavy atom. The fraction of sp³-hybridized carbons (Fsp3) is 0.0667. The summed E-state index contributed by atoms with van der Waals surface area (Å²) in [5.74, 6) is -0.0135. The molecular weight excluding hydrogens is 348 g/mol. The molecule has 3 aromatic rings. The van der Waals surface area contributed by atoms with Crippen molar-refractivity contribution in [1.82, 2.24) is 14.5 Å². The highest BCUT2D eigenvalue weighted by Gasteiger charge is 2.13. The van der Waals surface area contributed by atoms with Crippen LogP contribution < -0.4 is 0 Å². The van der Waals surface area contributed by atoms with Gasteiger partial charge >= 0.3 is 0 Å². The predicted molar refractivity (Wildman–Crippen MR) is 90.8 cm³/mol. The number of hydrogen-bond donors (Lipinski definition) is 0. The number of rotatable bonds is 3. The third-order valence-corrected chi connectivity index (χ3v) is 3.27. The zero-order valence-corrected chi connectivity index (χ0v) is 13.7. The highest BCUT2D eigenvalue weighted by molar-refractivity contribution is 6.17. The molecule has 0 N–H and O–H groups in total. The van der Waals surface area contributed by atoms with Crippen LogP contribution in [0, 0.1) is 5.82 Å². The van der Waals surface area contributed by atoms with E-state index in [-0.39, 0.29) is 36.5 Å². The molecule has 2 heterocycles. The lowest BCUT2D eigenvalue weighted by atomic mass is 10.2. The summed E-state index contributed by atoms with van der Waals surface area (Å²) in [6.45, 7) is 0. The van der Waals surface area contributed by atoms with E-state index in [0.29, 0.717) is 5.69 Å². The molecule has 2 aromatic heterocycles. The molecule has 0 bridgehead atoms. The summed E-state index contributed by atoms with van der Waals surface area (Å²) in [6, 6.07) is 10.1. The first-order valence-electron chi connectivity index (χ1n) is 6.08. The first kappa shape index (κ1) is 18.4. The van der Waals surface area contributed by atoms with Gasteiger partial charge in [-0.25, -0.2) is 9.37 Å². The molecule has 0 aliphatic rings. The third kappa shape index (κ3) is 3.58. The lowest BCUT2D eigenvalue weighted by Crippen LogP contribution is -1.98. The second kappa shape index (κ2) is 8.13. The van der Waals surface area contributed by atoms with Crippen molar-refractivity contribution in [3.63, 3.8) is 0 Å². The lowest BCUT2D eigenvalue weighted by Gasteiger charge is -2.07. The maximum absolute atomic E-state index is 13.3. The zero-order chi connectivity index (χ0) is 13.9. The largest absolute Gasteiger partial charge is 0.301 e. The zero-order valence-electron chi connectivity index (χ0n) is 11.3. The van der Waals surface area contributed by atoms with Gasteiger partial charge in [-0.1, -0.05) is 6.07 Å². The van der Waals surface area contributed by atoms with Gasteiger partial charge in [0, 0.05) is 23.6 Å². The number of alkyl halides is 1. The molecule has 3 rings (SSSR count). The van der Waals surface area contributed by atoms with E-state index >= 15 is 0 Å². The van der Waals surface area contributed by atoms with Crippen molar-refractivity contribution in [3.05, 3.63) is 66.6 Å². The molecule has 0 unspecified atom stereocenters. The second-order valence-corrected chi connectivity index (χ2v) is 4.53. The Bertz CT molecular complexity index is 732. The Hall–Kier alpha value is -1.62. The first-order valence-corrected chi connectivity index (χ1v) is 6.61. The van der Waals surface area contributed by atoms with E-state index in [1.807, 2.05) is 18.2 Å². The number of aromatic nitrogens is 3. The van der Waals surface area contributed by atoms with Crippen LogP contribution in [0.25, 0.3) is 16.9 Å². The lowest BCUT2D eigenvalue weighted by molar-refractivity contribution is 0.626. The number of halogens is 4. The minimum Gasteiger partial charge on any atom is -0.301 e. The van der Waals surface area contributed by atoms with Crippen LogP contribution >= 0.6 is 36.4 Å². The highest BCUT2D eigenvalue weighted by Crippen LogP contribution is 2.25. The monoisotopic (exact) mass is 359 g/mol. The summed E-state index contributed by atoms with van der Waals surface area (Å²) in [5.41, 5.74) is 3.16. The highest BCUT2D eigenvalue weighted by atomic mass is 35.5. The van der Waals surface area contributed by atoms with Crippen LogP contribution in [-0.4, -0.2) is 14.5 Å². The van der Waals surface area contributed by atoms with Crippen LogP contribution in [-0.2, 0) is 5.88 Å². The van der Waals surface area contributed by atoms with E-state index in [4.69, 9.17) is 11.6 Å². The fourth-order valence-corrected chi connectivity index (χ4v) is 2.35. The summed E-state index contributed by atoms with van der Waals surface area (Å²) in [7, 11) is 0. The van der Waals surface area contributed by atoms with Crippen molar-refractivity contribution < 1.29 is 4.39 Å². The Kier molecular flexibility index (Phi) is 6.81. The predicted octanol–water partition coefficient (Wildman–Crippen LogP) is 4.66. The van der Waals surface area contributed by atoms with Gasteiger partial charge in [-0.05, 0) is 30.3 Å². The molecule has 0 spiro atoms. The number of pyridine rings is 1. The van der Waals surface area contributed by atoms with Crippen molar-refractivity contribution in [2.24, 2.45) is 0 Å². The molecule has 22 heavy (non-hydrogen) atoms. The van der Waals surface area contributed by atoms with E-state index < -0.39 is 0 Å². The van der Waals surface area contributed by atoms with Gasteiger partial charge in [0.05, 0.1) is 17.3 Å². The van der Waals surface area contributed by atoms with Crippen molar-refractivity contribution >= 4 is 36.4 Å². The van der Waals surface area contributed by atoms with Gasteiger partial charge in [-0.3, -0.25) is 4.98 Å². The Labute approximate surface area is 145 Å². The van der Waals surface area contributed by atoms with Gasteiger partial charge in [-0.15, -0.1) is 36.4 Å². The molecule has 0 saturated heterocycles. The van der Waals surface area contributed by atoms with E-state index in [0.717, 1.165) is 17.0 Å². The van der Waals surface area contributed by atoms with Crippen molar-refractivity contribution in [2.75, 3.05) is 0 Å². The van der Waals surface area contributed by atoms with Crippen LogP contribution in [0.1, 0.15) is 5.69 Å². The van der Waals surface area contributed by atoms with Crippen molar-refractivity contribution in [2.45, 2.75) is 5.88 Å². The summed E-state index contributed by atoms with van der Waals surface area (Å²) >= 11 is 6.04. The van der Waals surface area contributed by atoms with E-state index in [9.17, 15) is 4.39 Å². The maximum atomic E-state index is 13.3. The standard InChI is InChI=1S/C15H11ClFN3.2ClH/c16-8-14-15(11-3-2-6-18-9-11)19-10-20(14)13-5-1-4-12(17)7-13;;/h1-7,9-10H,8H2;2*1H. The van der Waals surface area contributed by atoms with Crippen LogP contribution in [0.3, 0.4) is 0 Å². The van der Waals surface area contributed by atoms with E-state index in [2.05, 4.69) is 9.97 Å². The Balaban J connectivity index is 0.00000121. The second-order valence-electron chi connectivity index (χ2n) is 4.27. The van der Waals surface area contributed by atoms with E-state index in [1.54, 1.807) is 29.4 Å². The van der Waals surface area contributed by atoms with Crippen LogP contribution in [0.2, 0.25) is 0 Å². The molecule has 1 aromatic carbocycles. The molecule has 0 fully saturated rings.